The third-order valence-electron chi connectivity index (χ3n) is 4.95. The van der Waals surface area contributed by atoms with E-state index in [1.807, 2.05) is 19.1 Å². The van der Waals surface area contributed by atoms with Gasteiger partial charge in [-0.3, -0.25) is 14.5 Å². The normalized spacial score (nSPS) is 19.0. The van der Waals surface area contributed by atoms with Crippen molar-refractivity contribution in [3.05, 3.63) is 70.8 Å². The molecular formula is C21H20F3N3O3. The molecule has 0 radical (unpaired) electrons. The van der Waals surface area contributed by atoms with Crippen molar-refractivity contribution in [1.82, 2.24) is 15.5 Å². The van der Waals surface area contributed by atoms with Crippen LogP contribution in [0, 0.1) is 6.92 Å². The molecule has 2 N–H and O–H groups in total. The molecule has 0 aliphatic carbocycles. The van der Waals surface area contributed by atoms with Gasteiger partial charge >= 0.3 is 12.2 Å². The van der Waals surface area contributed by atoms with Gasteiger partial charge < -0.3 is 10.6 Å². The average molecular weight is 419 g/mol. The van der Waals surface area contributed by atoms with Crippen molar-refractivity contribution in [3.63, 3.8) is 0 Å². The Kier molecular flexibility index (Phi) is 5.56. The Labute approximate surface area is 171 Å². The van der Waals surface area contributed by atoms with E-state index in [0.29, 0.717) is 5.56 Å². The molecule has 1 unspecified atom stereocenters. The van der Waals surface area contributed by atoms with Gasteiger partial charge in [0.15, 0.2) is 0 Å². The SMILES string of the molecule is Cc1ccc(C2(C)NC(=O)N(CC(=O)NCc3cccc(C(F)(F)F)c3)C2=O)cc1. The monoisotopic (exact) mass is 419 g/mol. The van der Waals surface area contributed by atoms with Gasteiger partial charge in [-0.05, 0) is 37.1 Å². The zero-order valence-corrected chi connectivity index (χ0v) is 16.3. The molecule has 6 nitrogen and oxygen atoms in total. The number of alkyl halides is 3. The van der Waals surface area contributed by atoms with Crippen LogP contribution in [0.1, 0.15) is 29.2 Å². The van der Waals surface area contributed by atoms with E-state index < -0.39 is 41.7 Å². The van der Waals surface area contributed by atoms with Crippen molar-refractivity contribution in [1.29, 1.82) is 0 Å². The minimum absolute atomic E-state index is 0.165. The third-order valence-corrected chi connectivity index (χ3v) is 4.95. The van der Waals surface area contributed by atoms with Crippen molar-refractivity contribution >= 4 is 17.8 Å². The first-order valence-corrected chi connectivity index (χ1v) is 9.15. The fourth-order valence-electron chi connectivity index (χ4n) is 3.18. The number of hydrogen-bond donors (Lipinski definition) is 2. The molecule has 1 aliphatic heterocycles. The summed E-state index contributed by atoms with van der Waals surface area (Å²) in [4.78, 5) is 38.1. The zero-order chi connectivity index (χ0) is 22.1. The zero-order valence-electron chi connectivity index (χ0n) is 16.3. The van der Waals surface area contributed by atoms with Crippen LogP contribution in [0.2, 0.25) is 0 Å². The van der Waals surface area contributed by atoms with Crippen LogP contribution in [0.5, 0.6) is 0 Å². The van der Waals surface area contributed by atoms with E-state index in [0.717, 1.165) is 22.6 Å². The maximum Gasteiger partial charge on any atom is 0.416 e. The summed E-state index contributed by atoms with van der Waals surface area (Å²) >= 11 is 0. The van der Waals surface area contributed by atoms with Gasteiger partial charge in [-0.25, -0.2) is 4.79 Å². The lowest BCUT2D eigenvalue weighted by molar-refractivity contribution is -0.137. The highest BCUT2D eigenvalue weighted by molar-refractivity contribution is 6.09. The highest BCUT2D eigenvalue weighted by Gasteiger charge is 2.49. The number of carbonyl (C=O) groups excluding carboxylic acids is 3. The summed E-state index contributed by atoms with van der Waals surface area (Å²) in [6.45, 7) is 2.74. The van der Waals surface area contributed by atoms with E-state index >= 15 is 0 Å². The number of halogens is 3. The minimum atomic E-state index is -4.49. The smallest absolute Gasteiger partial charge is 0.350 e. The van der Waals surface area contributed by atoms with Gasteiger partial charge in [-0.1, -0.05) is 42.0 Å². The van der Waals surface area contributed by atoms with Gasteiger partial charge in [-0.2, -0.15) is 13.2 Å². The van der Waals surface area contributed by atoms with Crippen molar-refractivity contribution in [2.45, 2.75) is 32.1 Å². The molecule has 0 bridgehead atoms. The summed E-state index contributed by atoms with van der Waals surface area (Å²) in [5.74, 6) is -1.24. The molecule has 1 heterocycles. The molecule has 1 fully saturated rings. The standard InChI is InChI=1S/C21H20F3N3O3/c1-13-6-8-15(9-7-13)20(2)18(29)27(19(30)26-20)12-17(28)25-11-14-4-3-5-16(10-14)21(22,23)24/h3-10H,11-12H2,1-2H3,(H,25,28)(H,26,30). The Hall–Kier alpha value is -3.36. The lowest BCUT2D eigenvalue weighted by atomic mass is 9.91. The van der Waals surface area contributed by atoms with Crippen LogP contribution in [-0.2, 0) is 27.8 Å². The molecule has 2 aromatic rings. The van der Waals surface area contributed by atoms with Gasteiger partial charge in [0.1, 0.15) is 12.1 Å². The van der Waals surface area contributed by atoms with Crippen molar-refractivity contribution < 1.29 is 27.6 Å². The fraction of sp³-hybridized carbons (Fsp3) is 0.286. The van der Waals surface area contributed by atoms with Crippen molar-refractivity contribution in [3.8, 4) is 0 Å². The number of aryl methyl sites for hydroxylation is 1. The predicted octanol–water partition coefficient (Wildman–Crippen LogP) is 3.10. The van der Waals surface area contributed by atoms with Crippen LogP contribution in [0.3, 0.4) is 0 Å². The first-order valence-electron chi connectivity index (χ1n) is 9.15. The Balaban J connectivity index is 1.65. The third kappa shape index (κ3) is 4.29. The Morgan fingerprint density at radius 2 is 1.80 bits per heavy atom. The number of benzene rings is 2. The number of hydrogen-bond acceptors (Lipinski definition) is 3. The van der Waals surface area contributed by atoms with Crippen molar-refractivity contribution in [2.75, 3.05) is 6.54 Å². The Morgan fingerprint density at radius 1 is 1.13 bits per heavy atom. The van der Waals surface area contributed by atoms with E-state index in [1.54, 1.807) is 19.1 Å². The van der Waals surface area contributed by atoms with E-state index in [9.17, 15) is 27.6 Å². The molecule has 4 amide bonds. The van der Waals surface area contributed by atoms with E-state index in [2.05, 4.69) is 10.6 Å². The van der Waals surface area contributed by atoms with E-state index in [4.69, 9.17) is 0 Å². The highest BCUT2D eigenvalue weighted by Crippen LogP contribution is 2.30. The lowest BCUT2D eigenvalue weighted by Crippen LogP contribution is -2.43. The first-order chi connectivity index (χ1) is 14.0. The molecule has 3 rings (SSSR count). The second-order valence-electron chi connectivity index (χ2n) is 7.29. The second-order valence-corrected chi connectivity index (χ2v) is 7.29. The Morgan fingerprint density at radius 3 is 2.43 bits per heavy atom. The van der Waals surface area contributed by atoms with Crippen LogP contribution in [0.25, 0.3) is 0 Å². The summed E-state index contributed by atoms with van der Waals surface area (Å²) < 4.78 is 38.3. The summed E-state index contributed by atoms with van der Waals surface area (Å²) in [6.07, 6.45) is -4.49. The molecule has 30 heavy (non-hydrogen) atoms. The molecule has 2 aromatic carbocycles. The molecule has 1 atom stereocenters. The van der Waals surface area contributed by atoms with Gasteiger partial charge in [0.25, 0.3) is 5.91 Å². The summed E-state index contributed by atoms with van der Waals surface area (Å²) in [6, 6.07) is 10.9. The molecule has 9 heteroatoms. The summed E-state index contributed by atoms with van der Waals surface area (Å²) in [5.41, 5.74) is -0.299. The predicted molar refractivity (Wildman–Crippen MR) is 102 cm³/mol. The molecule has 158 valence electrons. The van der Waals surface area contributed by atoms with Crippen LogP contribution in [-0.4, -0.2) is 29.3 Å². The molecule has 1 saturated heterocycles. The minimum Gasteiger partial charge on any atom is -0.350 e. The summed E-state index contributed by atoms with van der Waals surface area (Å²) in [5, 5.41) is 5.04. The van der Waals surface area contributed by atoms with E-state index in [-0.39, 0.29) is 12.1 Å². The number of urea groups is 1. The first kappa shape index (κ1) is 21.4. The topological polar surface area (TPSA) is 78.5 Å². The highest BCUT2D eigenvalue weighted by atomic mass is 19.4. The second kappa shape index (κ2) is 7.81. The largest absolute Gasteiger partial charge is 0.416 e. The number of amides is 4. The maximum atomic E-state index is 12.8. The number of carbonyl (C=O) groups is 3. The quantitative estimate of drug-likeness (QED) is 0.731. The van der Waals surface area contributed by atoms with Crippen LogP contribution >= 0.6 is 0 Å². The van der Waals surface area contributed by atoms with Gasteiger partial charge in [0.05, 0.1) is 5.56 Å². The van der Waals surface area contributed by atoms with Crippen LogP contribution in [0.4, 0.5) is 18.0 Å². The van der Waals surface area contributed by atoms with Gasteiger partial charge in [-0.15, -0.1) is 0 Å². The van der Waals surface area contributed by atoms with Gasteiger partial charge in [0, 0.05) is 6.54 Å². The Bertz CT molecular complexity index is 989. The fourth-order valence-corrected chi connectivity index (χ4v) is 3.18. The average Bonchev–Trinajstić information content (AvgIpc) is 2.90. The lowest BCUT2D eigenvalue weighted by Gasteiger charge is -2.22. The molecule has 0 spiro atoms. The molecule has 1 aliphatic rings. The van der Waals surface area contributed by atoms with Gasteiger partial charge in [0.2, 0.25) is 5.91 Å². The number of nitrogens with zero attached hydrogens (tertiary/aromatic N) is 1. The maximum absolute atomic E-state index is 12.8. The number of nitrogens with one attached hydrogen (secondary N) is 2. The summed E-state index contributed by atoms with van der Waals surface area (Å²) in [7, 11) is 0. The molecule has 0 saturated carbocycles. The number of rotatable bonds is 5. The number of imide groups is 1. The van der Waals surface area contributed by atoms with Crippen molar-refractivity contribution in [2.24, 2.45) is 0 Å². The van der Waals surface area contributed by atoms with Crippen LogP contribution < -0.4 is 10.6 Å². The molecule has 0 aromatic heterocycles. The van der Waals surface area contributed by atoms with Crippen LogP contribution in [0.15, 0.2) is 48.5 Å². The van der Waals surface area contributed by atoms with E-state index in [1.165, 1.54) is 12.1 Å². The molecular weight excluding hydrogens is 399 g/mol.